The van der Waals surface area contributed by atoms with E-state index in [4.69, 9.17) is 0 Å². The van der Waals surface area contributed by atoms with Crippen LogP contribution >= 0.6 is 0 Å². The fraction of sp³-hybridized carbons (Fsp3) is 0.235. The van der Waals surface area contributed by atoms with E-state index in [0.717, 1.165) is 23.0 Å². The number of nitrogens with zero attached hydrogens (tertiary/aromatic N) is 2. The molecule has 0 radical (unpaired) electrons. The van der Waals surface area contributed by atoms with Crippen LogP contribution in [0.2, 0.25) is 0 Å². The van der Waals surface area contributed by atoms with Crippen molar-refractivity contribution in [1.29, 1.82) is 0 Å². The molecule has 3 rings (SSSR count). The molecule has 0 amide bonds. The molecule has 0 atom stereocenters. The van der Waals surface area contributed by atoms with E-state index in [1.165, 1.54) is 12.1 Å². The SMILES string of the molecule is CCCn1c(=O)n(Cc2ccc(F)cc2)c2ccccc21. The number of para-hydroxylation sites is 2. The molecule has 4 heteroatoms. The van der Waals surface area contributed by atoms with Gasteiger partial charge in [-0.15, -0.1) is 0 Å². The average Bonchev–Trinajstić information content (AvgIpc) is 2.76. The van der Waals surface area contributed by atoms with Gasteiger partial charge in [-0.05, 0) is 36.2 Å². The number of hydrogen-bond acceptors (Lipinski definition) is 1. The van der Waals surface area contributed by atoms with Crippen LogP contribution < -0.4 is 5.69 Å². The summed E-state index contributed by atoms with van der Waals surface area (Å²) < 4.78 is 16.5. The third-order valence-electron chi connectivity index (χ3n) is 3.63. The van der Waals surface area contributed by atoms with E-state index in [2.05, 4.69) is 6.92 Å². The van der Waals surface area contributed by atoms with Crippen molar-refractivity contribution in [2.45, 2.75) is 26.4 Å². The van der Waals surface area contributed by atoms with E-state index >= 15 is 0 Å². The first-order valence-corrected chi connectivity index (χ1v) is 7.13. The molecule has 3 nitrogen and oxygen atoms in total. The maximum absolute atomic E-state index is 13.0. The van der Waals surface area contributed by atoms with Crippen LogP contribution in [0.15, 0.2) is 53.3 Å². The Balaban J connectivity index is 2.11. The van der Waals surface area contributed by atoms with Gasteiger partial charge in [0.1, 0.15) is 5.82 Å². The van der Waals surface area contributed by atoms with Crippen LogP contribution in [0.3, 0.4) is 0 Å². The molecule has 1 aromatic heterocycles. The van der Waals surface area contributed by atoms with E-state index in [9.17, 15) is 9.18 Å². The van der Waals surface area contributed by atoms with E-state index < -0.39 is 0 Å². The molecule has 0 saturated heterocycles. The first kappa shape index (κ1) is 13.6. The zero-order chi connectivity index (χ0) is 14.8. The van der Waals surface area contributed by atoms with E-state index in [0.29, 0.717) is 13.1 Å². The van der Waals surface area contributed by atoms with Crippen LogP contribution in [0.1, 0.15) is 18.9 Å². The van der Waals surface area contributed by atoms with Gasteiger partial charge in [-0.3, -0.25) is 9.13 Å². The Morgan fingerprint density at radius 1 is 0.952 bits per heavy atom. The standard InChI is InChI=1S/C17H17FN2O/c1-2-11-19-15-5-3-4-6-16(15)20(17(19)21)12-13-7-9-14(18)10-8-13/h3-10H,2,11-12H2,1H3. The summed E-state index contributed by atoms with van der Waals surface area (Å²) in [5.41, 5.74) is 2.77. The van der Waals surface area contributed by atoms with Crippen molar-refractivity contribution in [2.75, 3.05) is 0 Å². The predicted octanol–water partition coefficient (Wildman–Crippen LogP) is 3.40. The Morgan fingerprint density at radius 3 is 2.19 bits per heavy atom. The molecule has 0 N–H and O–H groups in total. The Morgan fingerprint density at radius 2 is 1.57 bits per heavy atom. The number of imidazole rings is 1. The van der Waals surface area contributed by atoms with Crippen LogP contribution in [0, 0.1) is 5.82 Å². The fourth-order valence-electron chi connectivity index (χ4n) is 2.64. The van der Waals surface area contributed by atoms with Gasteiger partial charge >= 0.3 is 5.69 Å². The normalized spacial score (nSPS) is 11.1. The molecule has 0 fully saturated rings. The van der Waals surface area contributed by atoms with Gasteiger partial charge in [0, 0.05) is 6.54 Å². The summed E-state index contributed by atoms with van der Waals surface area (Å²) in [5.74, 6) is -0.264. The van der Waals surface area contributed by atoms with Crippen LogP contribution in [0.5, 0.6) is 0 Å². The lowest BCUT2D eigenvalue weighted by atomic mass is 10.2. The molecule has 0 bridgehead atoms. The zero-order valence-corrected chi connectivity index (χ0v) is 11.9. The highest BCUT2D eigenvalue weighted by Crippen LogP contribution is 2.15. The molecule has 21 heavy (non-hydrogen) atoms. The maximum Gasteiger partial charge on any atom is 0.329 e. The molecule has 0 unspecified atom stereocenters. The first-order valence-electron chi connectivity index (χ1n) is 7.13. The van der Waals surface area contributed by atoms with Gasteiger partial charge < -0.3 is 0 Å². The van der Waals surface area contributed by atoms with Crippen LogP contribution in [-0.4, -0.2) is 9.13 Å². The van der Waals surface area contributed by atoms with Crippen molar-refractivity contribution in [2.24, 2.45) is 0 Å². The van der Waals surface area contributed by atoms with E-state index in [-0.39, 0.29) is 11.5 Å². The molecular weight excluding hydrogens is 267 g/mol. The smallest absolute Gasteiger partial charge is 0.292 e. The van der Waals surface area contributed by atoms with E-state index in [1.54, 1.807) is 21.3 Å². The molecule has 0 aliphatic rings. The molecule has 1 heterocycles. The molecule has 0 spiro atoms. The highest BCUT2D eigenvalue weighted by Gasteiger charge is 2.12. The van der Waals surface area contributed by atoms with Gasteiger partial charge in [-0.25, -0.2) is 9.18 Å². The lowest BCUT2D eigenvalue weighted by molar-refractivity contribution is 0.623. The lowest BCUT2D eigenvalue weighted by Crippen LogP contribution is -2.24. The van der Waals surface area contributed by atoms with Gasteiger partial charge in [0.05, 0.1) is 17.6 Å². The van der Waals surface area contributed by atoms with Crippen molar-refractivity contribution in [3.63, 3.8) is 0 Å². The number of benzene rings is 2. The number of hydrogen-bond donors (Lipinski definition) is 0. The Hall–Kier alpha value is -2.36. The highest BCUT2D eigenvalue weighted by molar-refractivity contribution is 5.76. The second-order valence-electron chi connectivity index (χ2n) is 5.14. The molecule has 108 valence electrons. The van der Waals surface area contributed by atoms with Crippen molar-refractivity contribution in [3.8, 4) is 0 Å². The second-order valence-corrected chi connectivity index (χ2v) is 5.14. The van der Waals surface area contributed by atoms with Crippen LogP contribution in [0.25, 0.3) is 11.0 Å². The molecular formula is C17H17FN2O. The van der Waals surface area contributed by atoms with Crippen molar-refractivity contribution in [1.82, 2.24) is 9.13 Å². The summed E-state index contributed by atoms with van der Waals surface area (Å²) in [5, 5.41) is 0. The third kappa shape index (κ3) is 2.49. The fourth-order valence-corrected chi connectivity index (χ4v) is 2.64. The maximum atomic E-state index is 13.0. The van der Waals surface area contributed by atoms with Gasteiger partial charge in [-0.2, -0.15) is 0 Å². The van der Waals surface area contributed by atoms with Gasteiger partial charge in [0.15, 0.2) is 0 Å². The minimum Gasteiger partial charge on any atom is -0.292 e. The van der Waals surface area contributed by atoms with Gasteiger partial charge in [-0.1, -0.05) is 31.2 Å². The largest absolute Gasteiger partial charge is 0.329 e. The van der Waals surface area contributed by atoms with Gasteiger partial charge in [0.25, 0.3) is 0 Å². The second kappa shape index (κ2) is 5.56. The Kier molecular flexibility index (Phi) is 3.60. The quantitative estimate of drug-likeness (QED) is 0.721. The number of aryl methyl sites for hydroxylation is 1. The summed E-state index contributed by atoms with van der Waals surface area (Å²) in [7, 11) is 0. The first-order chi connectivity index (χ1) is 10.2. The van der Waals surface area contributed by atoms with Crippen molar-refractivity contribution >= 4 is 11.0 Å². The van der Waals surface area contributed by atoms with Gasteiger partial charge in [0.2, 0.25) is 0 Å². The van der Waals surface area contributed by atoms with E-state index in [1.807, 2.05) is 24.3 Å². The highest BCUT2D eigenvalue weighted by atomic mass is 19.1. The van der Waals surface area contributed by atoms with Crippen LogP contribution in [-0.2, 0) is 13.1 Å². The summed E-state index contributed by atoms with van der Waals surface area (Å²) in [4.78, 5) is 12.6. The minimum atomic E-state index is -0.264. The molecule has 0 saturated carbocycles. The molecule has 2 aromatic carbocycles. The number of aromatic nitrogens is 2. The number of halogens is 1. The number of fused-ring (bicyclic) bond motifs is 1. The monoisotopic (exact) mass is 284 g/mol. The zero-order valence-electron chi connectivity index (χ0n) is 11.9. The average molecular weight is 284 g/mol. The molecule has 0 aliphatic carbocycles. The lowest BCUT2D eigenvalue weighted by Gasteiger charge is -2.03. The summed E-state index contributed by atoms with van der Waals surface area (Å²) in [6.07, 6.45) is 0.907. The predicted molar refractivity (Wildman–Crippen MR) is 82.0 cm³/mol. The summed E-state index contributed by atoms with van der Waals surface area (Å²) >= 11 is 0. The third-order valence-corrected chi connectivity index (χ3v) is 3.63. The summed E-state index contributed by atoms with van der Waals surface area (Å²) in [6, 6.07) is 14.1. The topological polar surface area (TPSA) is 26.9 Å². The van der Waals surface area contributed by atoms with Crippen LogP contribution in [0.4, 0.5) is 4.39 Å². The number of rotatable bonds is 4. The minimum absolute atomic E-state index is 0.0117. The molecule has 3 aromatic rings. The van der Waals surface area contributed by atoms with Crippen molar-refractivity contribution in [3.05, 3.63) is 70.4 Å². The Bertz CT molecular complexity index is 815. The molecule has 0 aliphatic heterocycles. The van der Waals surface area contributed by atoms with Crippen molar-refractivity contribution < 1.29 is 4.39 Å². The summed E-state index contributed by atoms with van der Waals surface area (Å²) in [6.45, 7) is 3.21. The Labute approximate surface area is 122 Å².